The monoisotopic (exact) mass is 1640 g/mol. The molecule has 4 atom stereocenters. The third-order valence-corrected chi connectivity index (χ3v) is 21.8. The van der Waals surface area contributed by atoms with Gasteiger partial charge in [0.05, 0.1) is 30.5 Å². The standard InChI is InChI=1S/2C22H23ClN2O2.C21H17Cl2F3N2O2.C20H16Cl2F2N2O2/c1-13(2)14-4-6-15(7-5-14)21-20-17(10-11-25(21)22(26)27-3)18-12-16(23)8-9-19(18)24-20;1-13(2)27-22(26)25-11-10-17-18-12-16(23)8-9-19(18)24-20(17)21(25)15-6-4-14(3)5-7-15;22-8-10-30-20(29)28-9-7-15-16-11-14(23)5-6-17(16)27-18(15)19(28)12-1-3-13(4-2-12)21(24,25)26;21-6-8-28-20(27)26-7-5-13-14-10-12(22)2-4-17(14)25-18(13)19(26)11-1-3-15(23)16(24)9-11/h2*4-9,12-13,21,24H,10-11H2,1-3H3;1-6,11,19,27H,7-10H2;1-4,9-10,19,25H,5-8H2. The van der Waals surface area contributed by atoms with Gasteiger partial charge in [0.2, 0.25) is 0 Å². The van der Waals surface area contributed by atoms with Gasteiger partial charge in [-0.25, -0.2) is 28.0 Å². The molecule has 0 saturated heterocycles. The number of ether oxygens (including phenoxy) is 4. The van der Waals surface area contributed by atoms with Crippen molar-refractivity contribution in [3.8, 4) is 0 Å². The summed E-state index contributed by atoms with van der Waals surface area (Å²) in [7, 11) is 1.43. The van der Waals surface area contributed by atoms with Crippen molar-refractivity contribution in [2.45, 2.75) is 103 Å². The van der Waals surface area contributed by atoms with Gasteiger partial charge in [0, 0.05) is 113 Å². The van der Waals surface area contributed by atoms with Gasteiger partial charge in [-0.05, 0) is 200 Å². The quantitative estimate of drug-likeness (QED) is 0.0593. The topological polar surface area (TPSA) is 181 Å². The number of benzene rings is 8. The van der Waals surface area contributed by atoms with Gasteiger partial charge >= 0.3 is 30.5 Å². The van der Waals surface area contributed by atoms with Crippen LogP contribution in [0.3, 0.4) is 0 Å². The van der Waals surface area contributed by atoms with Crippen molar-refractivity contribution in [1.82, 2.24) is 39.5 Å². The molecule has 112 heavy (non-hydrogen) atoms. The van der Waals surface area contributed by atoms with E-state index in [4.69, 9.17) is 88.6 Å². The van der Waals surface area contributed by atoms with E-state index >= 15 is 0 Å². The van der Waals surface area contributed by atoms with Gasteiger partial charge in [0.25, 0.3) is 0 Å². The molecule has 16 rings (SSSR count). The van der Waals surface area contributed by atoms with E-state index in [1.165, 1.54) is 57.4 Å². The third-order valence-electron chi connectivity index (χ3n) is 20.5. The fraction of sp³-hybridized carbons (Fsp3) is 0.294. The molecule has 4 amide bonds. The van der Waals surface area contributed by atoms with Crippen LogP contribution < -0.4 is 0 Å². The number of nitrogens with one attached hydrogen (secondary N) is 4. The zero-order chi connectivity index (χ0) is 79.6. The highest BCUT2D eigenvalue weighted by molar-refractivity contribution is 6.32. The van der Waals surface area contributed by atoms with E-state index in [9.17, 15) is 41.1 Å². The maximum absolute atomic E-state index is 13.9. The molecular formula is C85H79Cl6F5N8O8. The number of nitrogens with zero attached hydrogens (tertiary/aromatic N) is 4. The van der Waals surface area contributed by atoms with E-state index in [1.807, 2.05) is 79.4 Å². The van der Waals surface area contributed by atoms with Crippen molar-refractivity contribution in [2.24, 2.45) is 0 Å². The zero-order valence-electron chi connectivity index (χ0n) is 61.8. The zero-order valence-corrected chi connectivity index (χ0v) is 66.3. The van der Waals surface area contributed by atoms with Crippen LogP contribution in [0.5, 0.6) is 0 Å². The lowest BCUT2D eigenvalue weighted by molar-refractivity contribution is -0.137. The smallest absolute Gasteiger partial charge is 0.416 e. The van der Waals surface area contributed by atoms with Crippen LogP contribution in [0.15, 0.2) is 164 Å². The van der Waals surface area contributed by atoms with Crippen molar-refractivity contribution >= 4 is 138 Å². The number of carbonyl (C=O) groups is 4. The Balaban J connectivity index is 0.000000131. The van der Waals surface area contributed by atoms with E-state index in [0.29, 0.717) is 66.1 Å². The van der Waals surface area contributed by atoms with Gasteiger partial charge < -0.3 is 38.9 Å². The van der Waals surface area contributed by atoms with Crippen LogP contribution in [-0.2, 0) is 50.8 Å². The van der Waals surface area contributed by atoms with Crippen molar-refractivity contribution in [2.75, 3.05) is 58.3 Å². The van der Waals surface area contributed by atoms with Gasteiger partial charge in [0.15, 0.2) is 11.6 Å². The minimum atomic E-state index is -4.44. The molecule has 0 bridgehead atoms. The summed E-state index contributed by atoms with van der Waals surface area (Å²) in [5.41, 5.74) is 16.6. The number of H-pyrrole nitrogens is 4. The Hall–Kier alpha value is -9.61. The first-order chi connectivity index (χ1) is 53.7. The summed E-state index contributed by atoms with van der Waals surface area (Å²) in [6, 6.07) is 46.3. The van der Waals surface area contributed by atoms with E-state index in [-0.39, 0.29) is 55.3 Å². The summed E-state index contributed by atoms with van der Waals surface area (Å²) >= 11 is 36.0. The molecule has 0 aliphatic carbocycles. The number of alkyl halides is 5. The summed E-state index contributed by atoms with van der Waals surface area (Å²) in [6.45, 7) is 12.2. The fourth-order valence-corrected chi connectivity index (χ4v) is 16.2. The summed E-state index contributed by atoms with van der Waals surface area (Å²) in [5, 5.41) is 6.77. The molecule has 8 aromatic carbocycles. The number of methoxy groups -OCH3 is 1. The Labute approximate surface area is 673 Å². The molecule has 0 radical (unpaired) electrons. The van der Waals surface area contributed by atoms with Gasteiger partial charge in [-0.2, -0.15) is 13.2 Å². The van der Waals surface area contributed by atoms with Crippen LogP contribution in [0, 0.1) is 18.6 Å². The van der Waals surface area contributed by atoms with Crippen molar-refractivity contribution < 1.29 is 60.1 Å². The minimum absolute atomic E-state index is 0.0474. The predicted octanol–water partition coefficient (Wildman–Crippen LogP) is 22.9. The third kappa shape index (κ3) is 17.0. The molecule has 4 aliphatic rings. The molecule has 8 heterocycles. The highest BCUT2D eigenvalue weighted by Gasteiger charge is 2.41. The van der Waals surface area contributed by atoms with E-state index in [2.05, 4.69) is 89.2 Å². The Morgan fingerprint density at radius 1 is 0.438 bits per heavy atom. The van der Waals surface area contributed by atoms with Crippen molar-refractivity contribution in [3.05, 3.63) is 279 Å². The molecule has 27 heteroatoms. The van der Waals surface area contributed by atoms with Crippen molar-refractivity contribution in [1.29, 1.82) is 0 Å². The SMILES string of the molecule is COC(=O)N1CCc2c([nH]c3ccc(Cl)cc23)C1c1ccc(C(C)C)cc1.Cc1ccc(C2c3[nH]c4ccc(Cl)cc4c3CCN2C(=O)OC(C)C)cc1.O=C(OCCCl)N1CCc2c([nH]c3ccc(Cl)cc23)C1c1ccc(C(F)(F)F)cc1.O=C(OCCCl)N1CCc2c([nH]c3ccc(Cl)cc23)C1c1ccc(F)c(F)c1. The van der Waals surface area contributed by atoms with Gasteiger partial charge in [0.1, 0.15) is 37.4 Å². The molecule has 12 aromatic rings. The number of amides is 4. The Morgan fingerprint density at radius 2 is 0.768 bits per heavy atom. The minimum Gasteiger partial charge on any atom is -0.453 e. The largest absolute Gasteiger partial charge is 0.453 e. The van der Waals surface area contributed by atoms with E-state index in [0.717, 1.165) is 136 Å². The van der Waals surface area contributed by atoms with Crippen LogP contribution in [0.1, 0.15) is 142 Å². The average molecular weight is 1650 g/mol. The number of rotatable bonds is 10. The Morgan fingerprint density at radius 3 is 1.10 bits per heavy atom. The second-order valence-corrected chi connectivity index (χ2v) is 30.7. The van der Waals surface area contributed by atoms with Crippen LogP contribution >= 0.6 is 69.6 Å². The predicted molar refractivity (Wildman–Crippen MR) is 430 cm³/mol. The Kier molecular flexibility index (Phi) is 24.7. The number of hydrogen-bond acceptors (Lipinski definition) is 8. The van der Waals surface area contributed by atoms with Crippen LogP contribution in [0.4, 0.5) is 41.1 Å². The molecule has 4 aliphatic heterocycles. The van der Waals surface area contributed by atoms with Crippen LogP contribution in [-0.4, -0.2) is 128 Å². The number of aromatic amines is 4. The number of aromatic nitrogens is 4. The maximum Gasteiger partial charge on any atom is 0.416 e. The van der Waals surface area contributed by atoms with E-state index < -0.39 is 47.6 Å². The molecule has 4 N–H and O–H groups in total. The van der Waals surface area contributed by atoms with Gasteiger partial charge in [-0.1, -0.05) is 133 Å². The molecule has 4 unspecified atom stereocenters. The first-order valence-corrected chi connectivity index (χ1v) is 39.1. The average Bonchev–Trinajstić information content (AvgIpc) is 1.61. The molecule has 16 nitrogen and oxygen atoms in total. The first kappa shape index (κ1) is 80.4. The van der Waals surface area contributed by atoms with E-state index in [1.54, 1.807) is 17.0 Å². The Bertz CT molecular complexity index is 5380. The highest BCUT2D eigenvalue weighted by Crippen LogP contribution is 2.46. The lowest BCUT2D eigenvalue weighted by Crippen LogP contribution is -2.41. The van der Waals surface area contributed by atoms with Gasteiger partial charge in [-0.15, -0.1) is 23.2 Å². The summed E-state index contributed by atoms with van der Waals surface area (Å²) in [4.78, 5) is 70.9. The lowest BCUT2D eigenvalue weighted by atomic mass is 9.91. The fourth-order valence-electron chi connectivity index (χ4n) is 15.4. The summed E-state index contributed by atoms with van der Waals surface area (Å²) in [6.07, 6.45) is -3.63. The number of aryl methyl sites for hydroxylation is 1. The number of carbonyl (C=O) groups excluding carboxylic acids is 4. The second kappa shape index (κ2) is 34.4. The second-order valence-electron chi connectivity index (χ2n) is 28.2. The van der Waals surface area contributed by atoms with Crippen LogP contribution in [0.25, 0.3) is 43.6 Å². The molecular weight excluding hydrogens is 1570 g/mol. The number of fused-ring (bicyclic) bond motifs is 12. The summed E-state index contributed by atoms with van der Waals surface area (Å²) in [5.74, 6) is -1.13. The molecule has 0 saturated carbocycles. The lowest BCUT2D eigenvalue weighted by Gasteiger charge is -2.36. The first-order valence-electron chi connectivity index (χ1n) is 36.5. The molecule has 0 spiro atoms. The highest BCUT2D eigenvalue weighted by atomic mass is 35.5. The number of halogens is 11. The maximum atomic E-state index is 13.9. The normalized spacial score (nSPS) is 16.5. The molecule has 0 fully saturated rings. The van der Waals surface area contributed by atoms with Crippen LogP contribution in [0.2, 0.25) is 20.1 Å². The van der Waals surface area contributed by atoms with Crippen molar-refractivity contribution in [3.63, 3.8) is 0 Å². The molecule has 584 valence electrons. The number of hydrogen-bond donors (Lipinski definition) is 4. The summed E-state index contributed by atoms with van der Waals surface area (Å²) < 4.78 is 87.4. The molecule has 4 aromatic heterocycles. The van der Waals surface area contributed by atoms with Gasteiger partial charge in [-0.3, -0.25) is 19.6 Å².